The van der Waals surface area contributed by atoms with E-state index in [1.165, 1.54) is 50.4 Å². The Morgan fingerprint density at radius 1 is 1.20 bits per heavy atom. The Kier molecular flexibility index (Phi) is 4.35. The Hall–Kier alpha value is 0.270. The first-order valence-corrected chi connectivity index (χ1v) is 7.48. The van der Waals surface area contributed by atoms with Crippen LogP contribution in [0.4, 0.5) is 0 Å². The molecule has 1 atom stereocenters. The lowest BCUT2D eigenvalue weighted by Crippen LogP contribution is -2.54. The van der Waals surface area contributed by atoms with Gasteiger partial charge in [0, 0.05) is 31.7 Å². The standard InChI is InChI=1S/C12H24N2S/c1-3-11-10-14(7-6-13(11)2)12-4-8-15-9-5-12/h11-12H,3-10H2,1-2H3/t11-/m0/s1. The van der Waals surface area contributed by atoms with Gasteiger partial charge < -0.3 is 4.90 Å². The first-order chi connectivity index (χ1) is 7.31. The average molecular weight is 228 g/mol. The fourth-order valence-electron chi connectivity index (χ4n) is 2.79. The molecule has 3 heteroatoms. The Labute approximate surface area is 98.4 Å². The molecule has 0 aromatic heterocycles. The third-order valence-electron chi connectivity index (χ3n) is 3.99. The lowest BCUT2D eigenvalue weighted by Gasteiger charge is -2.43. The molecular weight excluding hydrogens is 204 g/mol. The lowest BCUT2D eigenvalue weighted by atomic mass is 10.0. The highest BCUT2D eigenvalue weighted by Crippen LogP contribution is 2.24. The largest absolute Gasteiger partial charge is 0.301 e. The van der Waals surface area contributed by atoms with E-state index in [0.717, 1.165) is 12.1 Å². The highest BCUT2D eigenvalue weighted by atomic mass is 32.2. The summed E-state index contributed by atoms with van der Waals surface area (Å²) in [6, 6.07) is 1.70. The maximum atomic E-state index is 2.76. The van der Waals surface area contributed by atoms with Crippen molar-refractivity contribution in [3.8, 4) is 0 Å². The average Bonchev–Trinajstić information content (AvgIpc) is 2.31. The van der Waals surface area contributed by atoms with Gasteiger partial charge in [0.1, 0.15) is 0 Å². The minimum atomic E-state index is 0.799. The minimum absolute atomic E-state index is 0.799. The zero-order valence-corrected chi connectivity index (χ0v) is 10.9. The molecule has 2 heterocycles. The van der Waals surface area contributed by atoms with Gasteiger partial charge in [0.2, 0.25) is 0 Å². The topological polar surface area (TPSA) is 6.48 Å². The van der Waals surface area contributed by atoms with Gasteiger partial charge >= 0.3 is 0 Å². The number of likely N-dealkylation sites (N-methyl/N-ethyl adjacent to an activating group) is 1. The van der Waals surface area contributed by atoms with E-state index in [2.05, 4.69) is 35.5 Å². The quantitative estimate of drug-likeness (QED) is 0.713. The summed E-state index contributed by atoms with van der Waals surface area (Å²) in [6.07, 6.45) is 4.14. The normalized spacial score (nSPS) is 32.0. The monoisotopic (exact) mass is 228 g/mol. The van der Waals surface area contributed by atoms with Crippen molar-refractivity contribution in [1.29, 1.82) is 0 Å². The van der Waals surface area contributed by atoms with Gasteiger partial charge in [-0.3, -0.25) is 4.90 Å². The zero-order chi connectivity index (χ0) is 10.7. The van der Waals surface area contributed by atoms with E-state index < -0.39 is 0 Å². The van der Waals surface area contributed by atoms with Crippen LogP contribution in [0.2, 0.25) is 0 Å². The molecule has 2 fully saturated rings. The summed E-state index contributed by atoms with van der Waals surface area (Å²) < 4.78 is 0. The van der Waals surface area contributed by atoms with E-state index in [1.54, 1.807) is 0 Å². The predicted octanol–water partition coefficient (Wildman–Crippen LogP) is 1.91. The fourth-order valence-corrected chi connectivity index (χ4v) is 3.87. The van der Waals surface area contributed by atoms with Gasteiger partial charge in [0.25, 0.3) is 0 Å². The van der Waals surface area contributed by atoms with Crippen LogP contribution < -0.4 is 0 Å². The summed E-state index contributed by atoms with van der Waals surface area (Å²) in [5.41, 5.74) is 0. The van der Waals surface area contributed by atoms with Crippen LogP contribution >= 0.6 is 11.8 Å². The third kappa shape index (κ3) is 2.89. The highest BCUT2D eigenvalue weighted by molar-refractivity contribution is 7.99. The summed E-state index contributed by atoms with van der Waals surface area (Å²) in [7, 11) is 2.28. The summed E-state index contributed by atoms with van der Waals surface area (Å²) in [6.45, 7) is 6.19. The van der Waals surface area contributed by atoms with Gasteiger partial charge in [0.05, 0.1) is 0 Å². The van der Waals surface area contributed by atoms with Gasteiger partial charge in [-0.15, -0.1) is 0 Å². The summed E-state index contributed by atoms with van der Waals surface area (Å²) in [5.74, 6) is 2.77. The van der Waals surface area contributed by atoms with Crippen LogP contribution in [0.25, 0.3) is 0 Å². The van der Waals surface area contributed by atoms with Crippen molar-refractivity contribution in [3.05, 3.63) is 0 Å². The zero-order valence-electron chi connectivity index (χ0n) is 10.1. The Bertz CT molecular complexity index is 192. The Morgan fingerprint density at radius 3 is 2.60 bits per heavy atom. The van der Waals surface area contributed by atoms with Crippen molar-refractivity contribution in [1.82, 2.24) is 9.80 Å². The Balaban J connectivity index is 1.87. The smallest absolute Gasteiger partial charge is 0.0218 e. The molecule has 2 nitrogen and oxygen atoms in total. The van der Waals surface area contributed by atoms with Crippen molar-refractivity contribution < 1.29 is 0 Å². The number of hydrogen-bond donors (Lipinski definition) is 0. The molecule has 0 N–H and O–H groups in total. The van der Waals surface area contributed by atoms with Crippen LogP contribution in [0.5, 0.6) is 0 Å². The van der Waals surface area contributed by atoms with E-state index >= 15 is 0 Å². The summed E-state index contributed by atoms with van der Waals surface area (Å²) in [5, 5.41) is 0. The van der Waals surface area contributed by atoms with Crippen molar-refractivity contribution in [3.63, 3.8) is 0 Å². The maximum Gasteiger partial charge on any atom is 0.0218 e. The molecule has 0 radical (unpaired) electrons. The van der Waals surface area contributed by atoms with Gasteiger partial charge in [0.15, 0.2) is 0 Å². The molecule has 2 rings (SSSR count). The number of nitrogens with zero attached hydrogens (tertiary/aromatic N) is 2. The molecule has 2 aliphatic heterocycles. The molecule has 0 bridgehead atoms. The van der Waals surface area contributed by atoms with Crippen LogP contribution in [-0.4, -0.2) is 60.1 Å². The van der Waals surface area contributed by atoms with E-state index in [4.69, 9.17) is 0 Å². The molecular formula is C12H24N2S. The first-order valence-electron chi connectivity index (χ1n) is 6.33. The Morgan fingerprint density at radius 2 is 1.93 bits per heavy atom. The molecule has 2 aliphatic rings. The molecule has 0 aliphatic carbocycles. The number of thioether (sulfide) groups is 1. The molecule has 0 aromatic rings. The third-order valence-corrected chi connectivity index (χ3v) is 5.04. The van der Waals surface area contributed by atoms with Crippen LogP contribution in [0.15, 0.2) is 0 Å². The maximum absolute atomic E-state index is 2.76. The minimum Gasteiger partial charge on any atom is -0.301 e. The van der Waals surface area contributed by atoms with Gasteiger partial charge in [-0.25, -0.2) is 0 Å². The van der Waals surface area contributed by atoms with E-state index in [-0.39, 0.29) is 0 Å². The van der Waals surface area contributed by atoms with E-state index in [1.807, 2.05) is 0 Å². The lowest BCUT2D eigenvalue weighted by molar-refractivity contribution is 0.0594. The molecule has 0 aromatic carbocycles. The fraction of sp³-hybridized carbons (Fsp3) is 1.00. The second-order valence-electron chi connectivity index (χ2n) is 4.88. The molecule has 0 amide bonds. The number of rotatable bonds is 2. The van der Waals surface area contributed by atoms with Crippen molar-refractivity contribution in [2.24, 2.45) is 0 Å². The SMILES string of the molecule is CC[C@H]1CN(C2CCSCC2)CCN1C. The van der Waals surface area contributed by atoms with Crippen LogP contribution in [0.1, 0.15) is 26.2 Å². The molecule has 15 heavy (non-hydrogen) atoms. The summed E-state index contributed by atoms with van der Waals surface area (Å²) >= 11 is 2.13. The van der Waals surface area contributed by atoms with E-state index in [0.29, 0.717) is 0 Å². The molecule has 0 spiro atoms. The predicted molar refractivity (Wildman–Crippen MR) is 68.6 cm³/mol. The van der Waals surface area contributed by atoms with Crippen molar-refractivity contribution >= 4 is 11.8 Å². The highest BCUT2D eigenvalue weighted by Gasteiger charge is 2.28. The molecule has 2 saturated heterocycles. The van der Waals surface area contributed by atoms with Crippen molar-refractivity contribution in [2.45, 2.75) is 38.3 Å². The second-order valence-corrected chi connectivity index (χ2v) is 6.11. The second kappa shape index (κ2) is 5.55. The summed E-state index contributed by atoms with van der Waals surface area (Å²) in [4.78, 5) is 5.29. The van der Waals surface area contributed by atoms with Gasteiger partial charge in [-0.05, 0) is 37.8 Å². The van der Waals surface area contributed by atoms with Crippen LogP contribution in [0.3, 0.4) is 0 Å². The van der Waals surface area contributed by atoms with Crippen LogP contribution in [0, 0.1) is 0 Å². The van der Waals surface area contributed by atoms with Gasteiger partial charge in [-0.1, -0.05) is 6.92 Å². The first kappa shape index (κ1) is 11.7. The number of piperazine rings is 1. The molecule has 0 unspecified atom stereocenters. The molecule has 88 valence electrons. The molecule has 0 saturated carbocycles. The van der Waals surface area contributed by atoms with E-state index in [9.17, 15) is 0 Å². The van der Waals surface area contributed by atoms with Gasteiger partial charge in [-0.2, -0.15) is 11.8 Å². The van der Waals surface area contributed by atoms with Crippen LogP contribution in [-0.2, 0) is 0 Å². The number of hydrogen-bond acceptors (Lipinski definition) is 3. The van der Waals surface area contributed by atoms with Crippen molar-refractivity contribution in [2.75, 3.05) is 38.2 Å².